The number of rotatable bonds is 4. The SMILES string of the molecule is Oc1ccc(NOCC2CO2)cc1. The highest BCUT2D eigenvalue weighted by molar-refractivity contribution is 5.44. The van der Waals surface area contributed by atoms with Crippen LogP contribution in [0.1, 0.15) is 0 Å². The van der Waals surface area contributed by atoms with Crippen molar-refractivity contribution in [3.8, 4) is 5.75 Å². The van der Waals surface area contributed by atoms with Gasteiger partial charge in [-0.2, -0.15) is 0 Å². The molecule has 1 unspecified atom stereocenters. The topological polar surface area (TPSA) is 54.0 Å². The van der Waals surface area contributed by atoms with Gasteiger partial charge in [-0.25, -0.2) is 0 Å². The smallest absolute Gasteiger partial charge is 0.115 e. The van der Waals surface area contributed by atoms with Crippen molar-refractivity contribution in [2.45, 2.75) is 6.10 Å². The number of epoxide rings is 1. The van der Waals surface area contributed by atoms with Crippen LogP contribution in [-0.2, 0) is 9.57 Å². The van der Waals surface area contributed by atoms with Gasteiger partial charge in [0, 0.05) is 0 Å². The molecule has 0 radical (unpaired) electrons. The highest BCUT2D eigenvalue weighted by Crippen LogP contribution is 2.14. The maximum absolute atomic E-state index is 8.99. The number of ether oxygens (including phenoxy) is 1. The van der Waals surface area contributed by atoms with Crippen LogP contribution in [0.5, 0.6) is 5.75 Å². The molecule has 4 heteroatoms. The zero-order valence-electron chi connectivity index (χ0n) is 7.06. The number of anilines is 1. The molecule has 1 atom stereocenters. The lowest BCUT2D eigenvalue weighted by Gasteiger charge is -2.04. The van der Waals surface area contributed by atoms with E-state index >= 15 is 0 Å². The quantitative estimate of drug-likeness (QED) is 0.415. The van der Waals surface area contributed by atoms with Crippen molar-refractivity contribution in [1.29, 1.82) is 0 Å². The van der Waals surface area contributed by atoms with Gasteiger partial charge in [0.25, 0.3) is 0 Å². The number of benzene rings is 1. The number of nitrogens with one attached hydrogen (secondary N) is 1. The normalized spacial score (nSPS) is 19.8. The van der Waals surface area contributed by atoms with E-state index in [4.69, 9.17) is 14.7 Å². The Hall–Kier alpha value is -1.26. The van der Waals surface area contributed by atoms with Crippen LogP contribution < -0.4 is 5.48 Å². The molecule has 1 aromatic carbocycles. The van der Waals surface area contributed by atoms with E-state index in [9.17, 15) is 0 Å². The molecule has 13 heavy (non-hydrogen) atoms. The molecule has 0 aliphatic carbocycles. The third kappa shape index (κ3) is 2.61. The molecule has 0 spiro atoms. The summed E-state index contributed by atoms with van der Waals surface area (Å²) in [7, 11) is 0. The van der Waals surface area contributed by atoms with E-state index in [0.29, 0.717) is 6.61 Å². The molecular formula is C9H11NO3. The van der Waals surface area contributed by atoms with Gasteiger partial charge in [-0.15, -0.1) is 0 Å². The van der Waals surface area contributed by atoms with E-state index in [1.807, 2.05) is 0 Å². The second kappa shape index (κ2) is 3.64. The van der Waals surface area contributed by atoms with Gasteiger partial charge >= 0.3 is 0 Å². The van der Waals surface area contributed by atoms with Crippen molar-refractivity contribution in [2.75, 3.05) is 18.7 Å². The molecule has 1 aliphatic rings. The van der Waals surface area contributed by atoms with Crippen molar-refractivity contribution in [3.05, 3.63) is 24.3 Å². The first-order valence-electron chi connectivity index (χ1n) is 4.13. The fraction of sp³-hybridized carbons (Fsp3) is 0.333. The van der Waals surface area contributed by atoms with Crippen LogP contribution in [0.3, 0.4) is 0 Å². The lowest BCUT2D eigenvalue weighted by molar-refractivity contribution is 0.167. The molecule has 1 aromatic rings. The van der Waals surface area contributed by atoms with E-state index in [-0.39, 0.29) is 11.9 Å². The maximum atomic E-state index is 8.99. The maximum Gasteiger partial charge on any atom is 0.115 e. The lowest BCUT2D eigenvalue weighted by Crippen LogP contribution is -2.07. The molecule has 0 bridgehead atoms. The molecule has 1 aliphatic heterocycles. The molecule has 0 aromatic heterocycles. The van der Waals surface area contributed by atoms with E-state index < -0.39 is 0 Å². The second-order valence-electron chi connectivity index (χ2n) is 2.92. The average molecular weight is 181 g/mol. The summed E-state index contributed by atoms with van der Waals surface area (Å²) < 4.78 is 4.96. The van der Waals surface area contributed by atoms with Crippen LogP contribution in [0.4, 0.5) is 5.69 Å². The summed E-state index contributed by atoms with van der Waals surface area (Å²) in [4.78, 5) is 5.13. The van der Waals surface area contributed by atoms with Crippen LogP contribution in [0.15, 0.2) is 24.3 Å². The fourth-order valence-corrected chi connectivity index (χ4v) is 0.912. The summed E-state index contributed by atoms with van der Waals surface area (Å²) in [6, 6.07) is 6.67. The highest BCUT2D eigenvalue weighted by Gasteiger charge is 2.22. The third-order valence-electron chi connectivity index (χ3n) is 1.73. The second-order valence-corrected chi connectivity index (χ2v) is 2.92. The lowest BCUT2D eigenvalue weighted by atomic mass is 10.3. The van der Waals surface area contributed by atoms with Gasteiger partial charge in [-0.05, 0) is 24.3 Å². The Bertz CT molecular complexity index is 269. The van der Waals surface area contributed by atoms with Crippen molar-refractivity contribution in [1.82, 2.24) is 0 Å². The van der Waals surface area contributed by atoms with Gasteiger partial charge in [0.05, 0.1) is 12.3 Å². The van der Waals surface area contributed by atoms with Gasteiger partial charge in [-0.3, -0.25) is 10.3 Å². The molecule has 1 heterocycles. The molecule has 2 rings (SSSR count). The van der Waals surface area contributed by atoms with Gasteiger partial charge in [0.15, 0.2) is 0 Å². The molecule has 1 fully saturated rings. The summed E-state index contributed by atoms with van der Waals surface area (Å²) in [5.74, 6) is 0.246. The van der Waals surface area contributed by atoms with Crippen molar-refractivity contribution < 1.29 is 14.7 Å². The molecule has 2 N–H and O–H groups in total. The molecule has 0 saturated carbocycles. The minimum absolute atomic E-state index is 0.246. The van der Waals surface area contributed by atoms with Gasteiger partial charge < -0.3 is 9.84 Å². The zero-order valence-corrected chi connectivity index (χ0v) is 7.06. The van der Waals surface area contributed by atoms with Gasteiger partial charge in [-0.1, -0.05) is 0 Å². The van der Waals surface area contributed by atoms with Crippen LogP contribution in [-0.4, -0.2) is 24.4 Å². The number of hydrogen-bond acceptors (Lipinski definition) is 4. The predicted molar refractivity (Wildman–Crippen MR) is 47.4 cm³/mol. The van der Waals surface area contributed by atoms with E-state index in [1.54, 1.807) is 24.3 Å². The molecular weight excluding hydrogens is 170 g/mol. The third-order valence-corrected chi connectivity index (χ3v) is 1.73. The van der Waals surface area contributed by atoms with E-state index in [2.05, 4.69) is 5.48 Å². The molecule has 4 nitrogen and oxygen atoms in total. The largest absolute Gasteiger partial charge is 0.508 e. The molecule has 1 saturated heterocycles. The number of aromatic hydroxyl groups is 1. The first-order valence-corrected chi connectivity index (χ1v) is 4.13. The minimum Gasteiger partial charge on any atom is -0.508 e. The highest BCUT2D eigenvalue weighted by atomic mass is 16.7. The fourth-order valence-electron chi connectivity index (χ4n) is 0.912. The van der Waals surface area contributed by atoms with Crippen LogP contribution in [0.25, 0.3) is 0 Å². The number of phenols is 1. The van der Waals surface area contributed by atoms with Crippen LogP contribution >= 0.6 is 0 Å². The monoisotopic (exact) mass is 181 g/mol. The Kier molecular flexibility index (Phi) is 2.33. The average Bonchev–Trinajstić information content (AvgIpc) is 2.92. The zero-order chi connectivity index (χ0) is 9.10. The Morgan fingerprint density at radius 1 is 1.46 bits per heavy atom. The standard InChI is InChI=1S/C9H11NO3/c11-8-3-1-7(2-4-8)10-13-6-9-5-12-9/h1-4,9-11H,5-6H2. The molecule has 70 valence electrons. The van der Waals surface area contributed by atoms with Crippen molar-refractivity contribution in [2.24, 2.45) is 0 Å². The summed E-state index contributed by atoms with van der Waals surface area (Å²) in [6.07, 6.45) is 0.254. The van der Waals surface area contributed by atoms with Gasteiger partial charge in [0.2, 0.25) is 0 Å². The Morgan fingerprint density at radius 3 is 2.77 bits per heavy atom. The van der Waals surface area contributed by atoms with E-state index in [1.165, 1.54) is 0 Å². The summed E-state index contributed by atoms with van der Waals surface area (Å²) in [5.41, 5.74) is 3.57. The van der Waals surface area contributed by atoms with Gasteiger partial charge in [0.1, 0.15) is 18.5 Å². The molecule has 0 amide bonds. The van der Waals surface area contributed by atoms with Crippen LogP contribution in [0.2, 0.25) is 0 Å². The Labute approximate surface area is 76.0 Å². The number of phenolic OH excluding ortho intramolecular Hbond substituents is 1. The minimum atomic E-state index is 0.246. The Morgan fingerprint density at radius 2 is 2.15 bits per heavy atom. The number of hydrogen-bond donors (Lipinski definition) is 2. The Balaban J connectivity index is 1.76. The first-order chi connectivity index (χ1) is 6.34. The summed E-state index contributed by atoms with van der Waals surface area (Å²) >= 11 is 0. The summed E-state index contributed by atoms with van der Waals surface area (Å²) in [5, 5.41) is 8.99. The van der Waals surface area contributed by atoms with Crippen LogP contribution in [0, 0.1) is 0 Å². The predicted octanol–water partition coefficient (Wildman–Crippen LogP) is 1.13. The van der Waals surface area contributed by atoms with E-state index in [0.717, 1.165) is 12.3 Å². The van der Waals surface area contributed by atoms with Crippen molar-refractivity contribution in [3.63, 3.8) is 0 Å². The summed E-state index contributed by atoms with van der Waals surface area (Å²) in [6.45, 7) is 1.35. The van der Waals surface area contributed by atoms with Crippen molar-refractivity contribution >= 4 is 5.69 Å². The first kappa shape index (κ1) is 8.34.